The van der Waals surface area contributed by atoms with Crippen LogP contribution in [-0.4, -0.2) is 62.5 Å². The van der Waals surface area contributed by atoms with Gasteiger partial charge in [-0.3, -0.25) is 14.5 Å². The molecule has 26 heavy (non-hydrogen) atoms. The number of carbonyl (C=O) groups excluding carboxylic acids is 2. The maximum atomic E-state index is 12.7. The number of rotatable bonds is 5. The molecule has 2 N–H and O–H groups in total. The van der Waals surface area contributed by atoms with Crippen LogP contribution in [0, 0.1) is 19.8 Å². The van der Waals surface area contributed by atoms with Crippen LogP contribution in [0.25, 0.3) is 0 Å². The van der Waals surface area contributed by atoms with E-state index in [1.807, 2.05) is 26.0 Å². The highest BCUT2D eigenvalue weighted by molar-refractivity contribution is 6.09. The molecule has 3 rings (SSSR count). The van der Waals surface area contributed by atoms with Crippen molar-refractivity contribution in [2.75, 3.05) is 50.7 Å². The Morgan fingerprint density at radius 3 is 2.46 bits per heavy atom. The summed E-state index contributed by atoms with van der Waals surface area (Å²) in [5, 5.41) is 6.26. The zero-order valence-electron chi connectivity index (χ0n) is 15.6. The van der Waals surface area contributed by atoms with E-state index in [1.54, 1.807) is 4.90 Å². The molecule has 7 heteroatoms. The minimum atomic E-state index is -0.552. The van der Waals surface area contributed by atoms with Gasteiger partial charge in [-0.05, 0) is 43.5 Å². The first-order valence-electron chi connectivity index (χ1n) is 9.15. The predicted octanol–water partition coefficient (Wildman–Crippen LogP) is 1.10. The number of nitrogens with one attached hydrogen (secondary N) is 2. The molecule has 2 aliphatic rings. The summed E-state index contributed by atoms with van der Waals surface area (Å²) in [7, 11) is 0. The van der Waals surface area contributed by atoms with Crippen molar-refractivity contribution in [3.05, 3.63) is 29.3 Å². The summed E-state index contributed by atoms with van der Waals surface area (Å²) >= 11 is 0. The normalized spacial score (nSPS) is 20.8. The van der Waals surface area contributed by atoms with Gasteiger partial charge in [-0.1, -0.05) is 6.07 Å². The van der Waals surface area contributed by atoms with Gasteiger partial charge in [0.05, 0.1) is 0 Å². The van der Waals surface area contributed by atoms with Crippen molar-refractivity contribution < 1.29 is 9.59 Å². The molecule has 0 aromatic heterocycles. The minimum absolute atomic E-state index is 0. The van der Waals surface area contributed by atoms with Crippen molar-refractivity contribution >= 4 is 29.9 Å². The van der Waals surface area contributed by atoms with Crippen molar-refractivity contribution in [1.29, 1.82) is 0 Å². The predicted molar refractivity (Wildman–Crippen MR) is 106 cm³/mol. The summed E-state index contributed by atoms with van der Waals surface area (Å²) < 4.78 is 0. The van der Waals surface area contributed by atoms with Crippen molar-refractivity contribution in [3.8, 4) is 0 Å². The fourth-order valence-corrected chi connectivity index (χ4v) is 3.68. The maximum absolute atomic E-state index is 12.7. The van der Waals surface area contributed by atoms with Gasteiger partial charge in [-0.2, -0.15) is 0 Å². The average molecular weight is 381 g/mol. The Hall–Kier alpha value is -1.63. The Bertz CT molecular complexity index is 626. The first kappa shape index (κ1) is 20.7. The van der Waals surface area contributed by atoms with E-state index in [9.17, 15) is 9.59 Å². The molecule has 2 saturated heterocycles. The third-order valence-corrected chi connectivity index (χ3v) is 4.98. The third kappa shape index (κ3) is 4.96. The first-order valence-corrected chi connectivity index (χ1v) is 9.15. The number of hydrogen-bond acceptors (Lipinski definition) is 4. The zero-order valence-corrected chi connectivity index (χ0v) is 16.4. The van der Waals surface area contributed by atoms with Gasteiger partial charge < -0.3 is 15.5 Å². The van der Waals surface area contributed by atoms with Crippen LogP contribution in [0.1, 0.15) is 17.5 Å². The monoisotopic (exact) mass is 380 g/mol. The Morgan fingerprint density at radius 2 is 1.81 bits per heavy atom. The van der Waals surface area contributed by atoms with Crippen molar-refractivity contribution in [3.63, 3.8) is 0 Å². The second-order valence-corrected chi connectivity index (χ2v) is 7.06. The van der Waals surface area contributed by atoms with E-state index in [1.165, 1.54) is 0 Å². The molecule has 2 amide bonds. The van der Waals surface area contributed by atoms with Gasteiger partial charge in [0, 0.05) is 51.5 Å². The molecule has 0 radical (unpaired) electrons. The summed E-state index contributed by atoms with van der Waals surface area (Å²) in [6.07, 6.45) is 0.589. The Balaban J connectivity index is 0.00000243. The van der Waals surface area contributed by atoms with E-state index in [-0.39, 0.29) is 24.2 Å². The van der Waals surface area contributed by atoms with Crippen LogP contribution in [0.3, 0.4) is 0 Å². The van der Waals surface area contributed by atoms with Gasteiger partial charge in [-0.15, -0.1) is 12.4 Å². The highest BCUT2D eigenvalue weighted by Crippen LogP contribution is 2.27. The molecule has 2 aliphatic heterocycles. The number of halogens is 1. The summed E-state index contributed by atoms with van der Waals surface area (Å²) in [5.74, 6) is -0.763. The molecule has 2 heterocycles. The number of carbonyl (C=O) groups is 2. The molecule has 0 saturated carbocycles. The van der Waals surface area contributed by atoms with Crippen molar-refractivity contribution in [2.45, 2.75) is 20.3 Å². The number of benzene rings is 1. The summed E-state index contributed by atoms with van der Waals surface area (Å²) in [6, 6.07) is 6.11. The van der Waals surface area contributed by atoms with Gasteiger partial charge in [-0.25, -0.2) is 0 Å². The standard InChI is InChI=1S/C19H28N4O2.ClH/c1-14-11-15(2)13-16(12-14)23-7-3-17(19(23)25)18(24)21-6-10-22-8-4-20-5-9-22;/h11-13,17,20H,3-10H2,1-2H3,(H,21,24);1H. The highest BCUT2D eigenvalue weighted by Gasteiger charge is 2.37. The molecule has 1 aromatic rings. The van der Waals surface area contributed by atoms with Crippen molar-refractivity contribution in [2.24, 2.45) is 5.92 Å². The molecule has 144 valence electrons. The van der Waals surface area contributed by atoms with Gasteiger partial charge in [0.25, 0.3) is 0 Å². The van der Waals surface area contributed by atoms with E-state index in [2.05, 4.69) is 21.6 Å². The van der Waals surface area contributed by atoms with E-state index >= 15 is 0 Å². The van der Waals surface area contributed by atoms with Gasteiger partial charge in [0.1, 0.15) is 5.92 Å². The quantitative estimate of drug-likeness (QED) is 0.751. The van der Waals surface area contributed by atoms with Crippen LogP contribution in [0.2, 0.25) is 0 Å². The SMILES string of the molecule is Cc1cc(C)cc(N2CCC(C(=O)NCCN3CCNCC3)C2=O)c1.Cl. The number of piperazine rings is 1. The molecule has 0 spiro atoms. The number of hydrogen-bond donors (Lipinski definition) is 2. The zero-order chi connectivity index (χ0) is 17.8. The Labute approximate surface area is 161 Å². The lowest BCUT2D eigenvalue weighted by Gasteiger charge is -2.27. The fourth-order valence-electron chi connectivity index (χ4n) is 3.68. The molecular formula is C19H29ClN4O2. The van der Waals surface area contributed by atoms with Crippen LogP contribution in [0.4, 0.5) is 5.69 Å². The summed E-state index contributed by atoms with van der Waals surface area (Å²) in [6.45, 7) is 10.1. The van der Waals surface area contributed by atoms with Gasteiger partial charge in [0.2, 0.25) is 11.8 Å². The van der Waals surface area contributed by atoms with E-state index in [4.69, 9.17) is 0 Å². The van der Waals surface area contributed by atoms with Crippen molar-refractivity contribution in [1.82, 2.24) is 15.5 Å². The van der Waals surface area contributed by atoms with Crippen LogP contribution >= 0.6 is 12.4 Å². The fraction of sp³-hybridized carbons (Fsp3) is 0.579. The van der Waals surface area contributed by atoms with E-state index in [0.29, 0.717) is 19.5 Å². The van der Waals surface area contributed by atoms with Crippen LogP contribution in [0.5, 0.6) is 0 Å². The number of anilines is 1. The lowest BCUT2D eigenvalue weighted by molar-refractivity contribution is -0.132. The molecule has 1 unspecified atom stereocenters. The topological polar surface area (TPSA) is 64.7 Å². The molecular weight excluding hydrogens is 352 g/mol. The Morgan fingerprint density at radius 1 is 1.15 bits per heavy atom. The second kappa shape index (κ2) is 9.35. The summed E-state index contributed by atoms with van der Waals surface area (Å²) in [5.41, 5.74) is 3.16. The Kier molecular flexibility index (Phi) is 7.43. The smallest absolute Gasteiger partial charge is 0.239 e. The number of amides is 2. The number of nitrogens with zero attached hydrogens (tertiary/aromatic N) is 2. The van der Waals surface area contributed by atoms with Gasteiger partial charge >= 0.3 is 0 Å². The molecule has 0 bridgehead atoms. The lowest BCUT2D eigenvalue weighted by Crippen LogP contribution is -2.47. The second-order valence-electron chi connectivity index (χ2n) is 7.06. The van der Waals surface area contributed by atoms with E-state index in [0.717, 1.165) is 49.5 Å². The van der Waals surface area contributed by atoms with Crippen LogP contribution in [0.15, 0.2) is 18.2 Å². The average Bonchev–Trinajstić information content (AvgIpc) is 2.96. The largest absolute Gasteiger partial charge is 0.354 e. The molecule has 2 fully saturated rings. The molecule has 6 nitrogen and oxygen atoms in total. The number of aryl methyl sites for hydroxylation is 2. The minimum Gasteiger partial charge on any atom is -0.354 e. The third-order valence-electron chi connectivity index (χ3n) is 4.98. The van der Waals surface area contributed by atoms with Gasteiger partial charge in [0.15, 0.2) is 0 Å². The lowest BCUT2D eigenvalue weighted by atomic mass is 10.1. The van der Waals surface area contributed by atoms with Crippen LogP contribution < -0.4 is 15.5 Å². The molecule has 0 aliphatic carbocycles. The molecule has 1 atom stereocenters. The highest BCUT2D eigenvalue weighted by atomic mass is 35.5. The first-order chi connectivity index (χ1) is 12.0. The van der Waals surface area contributed by atoms with Crippen LogP contribution in [-0.2, 0) is 9.59 Å². The molecule has 1 aromatic carbocycles. The van der Waals surface area contributed by atoms with E-state index < -0.39 is 5.92 Å². The summed E-state index contributed by atoms with van der Waals surface area (Å²) in [4.78, 5) is 29.2. The maximum Gasteiger partial charge on any atom is 0.239 e.